The number of aliphatic hydroxyl groups excluding tert-OH is 1. The van der Waals surface area contributed by atoms with Crippen molar-refractivity contribution in [3.8, 4) is 0 Å². The van der Waals surface area contributed by atoms with Crippen LogP contribution in [0.2, 0.25) is 5.04 Å². The molecule has 2 aliphatic rings. The summed E-state index contributed by atoms with van der Waals surface area (Å²) >= 11 is 0. The Hall–Kier alpha value is -1.99. The van der Waals surface area contributed by atoms with Gasteiger partial charge in [-0.15, -0.1) is 0 Å². The summed E-state index contributed by atoms with van der Waals surface area (Å²) in [6.07, 6.45) is 5.95. The third-order valence-electron chi connectivity index (χ3n) is 8.21. The van der Waals surface area contributed by atoms with Crippen molar-refractivity contribution < 1.29 is 19.1 Å². The zero-order valence-corrected chi connectivity index (χ0v) is 23.2. The second-order valence-electron chi connectivity index (χ2n) is 11.4. The van der Waals surface area contributed by atoms with Crippen LogP contribution in [0.3, 0.4) is 0 Å². The van der Waals surface area contributed by atoms with Crippen molar-refractivity contribution in [3.05, 3.63) is 60.7 Å². The summed E-state index contributed by atoms with van der Waals surface area (Å²) in [5.74, 6) is -0.184. The summed E-state index contributed by atoms with van der Waals surface area (Å²) in [6.45, 7) is 8.64. The van der Waals surface area contributed by atoms with E-state index in [0.29, 0.717) is 13.0 Å². The number of hydrogen-bond acceptors (Lipinski definition) is 5. The Balaban J connectivity index is 1.46. The summed E-state index contributed by atoms with van der Waals surface area (Å²) in [6, 6.07) is 21.5. The highest BCUT2D eigenvalue weighted by molar-refractivity contribution is 6.99. The summed E-state index contributed by atoms with van der Waals surface area (Å²) < 4.78 is 12.9. The number of benzene rings is 2. The Morgan fingerprint density at radius 1 is 1.00 bits per heavy atom. The minimum atomic E-state index is -2.53. The summed E-state index contributed by atoms with van der Waals surface area (Å²) in [7, 11) is -2.53. The second-order valence-corrected chi connectivity index (χ2v) is 15.7. The lowest BCUT2D eigenvalue weighted by atomic mass is 9.76. The van der Waals surface area contributed by atoms with Crippen LogP contribution < -0.4 is 15.7 Å². The molecule has 0 aromatic heterocycles. The normalized spacial score (nSPS) is 24.4. The molecule has 3 atom stereocenters. The Kier molecular flexibility index (Phi) is 8.71. The Bertz CT molecular complexity index is 930. The van der Waals surface area contributed by atoms with Crippen LogP contribution in [-0.2, 0) is 14.0 Å². The van der Waals surface area contributed by atoms with Crippen LogP contribution in [0.4, 0.5) is 0 Å². The molecule has 0 aliphatic carbocycles. The predicted octanol–water partition coefficient (Wildman–Crippen LogP) is 4.17. The number of unbranched alkanes of at least 4 members (excludes halogenated alkanes) is 1. The van der Waals surface area contributed by atoms with Crippen molar-refractivity contribution in [2.45, 2.75) is 82.4 Å². The van der Waals surface area contributed by atoms with Gasteiger partial charge in [-0.2, -0.15) is 0 Å². The third kappa shape index (κ3) is 5.19. The van der Waals surface area contributed by atoms with Gasteiger partial charge in [-0.05, 0) is 60.5 Å². The molecule has 196 valence electrons. The van der Waals surface area contributed by atoms with Gasteiger partial charge in [-0.25, -0.2) is 0 Å². The van der Waals surface area contributed by atoms with Crippen LogP contribution in [0.25, 0.3) is 0 Å². The summed E-state index contributed by atoms with van der Waals surface area (Å²) in [5, 5.41) is 15.5. The van der Waals surface area contributed by atoms with Crippen LogP contribution in [0.15, 0.2) is 60.7 Å². The van der Waals surface area contributed by atoms with E-state index in [9.17, 15) is 9.90 Å². The molecular formula is C30H43NO4Si. The maximum Gasteiger partial charge on any atom is 0.311 e. The van der Waals surface area contributed by atoms with Gasteiger partial charge < -0.3 is 19.6 Å². The molecule has 36 heavy (non-hydrogen) atoms. The molecule has 2 aromatic carbocycles. The molecule has 0 bridgehead atoms. The van der Waals surface area contributed by atoms with Crippen molar-refractivity contribution in [2.75, 3.05) is 19.8 Å². The lowest BCUT2D eigenvalue weighted by molar-refractivity contribution is -0.144. The van der Waals surface area contributed by atoms with Crippen LogP contribution in [0.1, 0.15) is 65.7 Å². The van der Waals surface area contributed by atoms with E-state index in [2.05, 4.69) is 86.8 Å². The van der Waals surface area contributed by atoms with Gasteiger partial charge in [0.05, 0.1) is 11.5 Å². The smallest absolute Gasteiger partial charge is 0.311 e. The summed E-state index contributed by atoms with van der Waals surface area (Å²) in [5.41, 5.74) is -0.259. The number of aliphatic hydroxyl groups is 1. The van der Waals surface area contributed by atoms with Crippen molar-refractivity contribution in [1.82, 2.24) is 5.32 Å². The van der Waals surface area contributed by atoms with Gasteiger partial charge >= 0.3 is 5.97 Å². The highest BCUT2D eigenvalue weighted by Crippen LogP contribution is 2.43. The van der Waals surface area contributed by atoms with Gasteiger partial charge in [0, 0.05) is 13.2 Å². The second kappa shape index (κ2) is 11.6. The number of carbonyl (C=O) groups is 1. The fourth-order valence-electron chi connectivity index (χ4n) is 6.53. The number of cyclic esters (lactones) is 1. The van der Waals surface area contributed by atoms with E-state index < -0.39 is 8.32 Å². The number of rotatable bonds is 11. The molecule has 4 rings (SSSR count). The predicted molar refractivity (Wildman–Crippen MR) is 147 cm³/mol. The van der Waals surface area contributed by atoms with Gasteiger partial charge in [-0.3, -0.25) is 4.79 Å². The van der Waals surface area contributed by atoms with Crippen LogP contribution >= 0.6 is 0 Å². The van der Waals surface area contributed by atoms with Crippen LogP contribution in [0, 0.1) is 5.92 Å². The zero-order valence-electron chi connectivity index (χ0n) is 22.2. The molecule has 6 heteroatoms. The molecule has 0 radical (unpaired) electrons. The fourth-order valence-corrected chi connectivity index (χ4v) is 11.1. The first kappa shape index (κ1) is 27.1. The zero-order chi connectivity index (χ0) is 25.7. The molecule has 2 aromatic rings. The highest BCUT2D eigenvalue weighted by atomic mass is 28.4. The number of esters is 1. The van der Waals surface area contributed by atoms with E-state index in [4.69, 9.17) is 9.16 Å². The Labute approximate surface area is 217 Å². The van der Waals surface area contributed by atoms with Crippen molar-refractivity contribution in [3.63, 3.8) is 0 Å². The molecule has 5 nitrogen and oxygen atoms in total. The monoisotopic (exact) mass is 509 g/mol. The number of carbonyl (C=O) groups excluding carboxylic acids is 1. The Morgan fingerprint density at radius 3 is 2.17 bits per heavy atom. The maximum absolute atomic E-state index is 12.9. The van der Waals surface area contributed by atoms with Crippen molar-refractivity contribution >= 4 is 24.7 Å². The molecule has 2 heterocycles. The standard InChI is InChI=1S/C30H43NO4Si/c1-29(2,3)36(24-14-6-4-7-15-24,25-16-8-5-9-17-25)34-23-11-10-18-26-28(33)35-27(19-12-22-32)30(26)20-13-21-31-30/h4-9,14-17,26-27,31-32H,10-13,18-23H2,1-3H3/t26-,27+,30-/m0/s1. The number of ether oxygens (including phenoxy) is 1. The molecule has 0 unspecified atom stereocenters. The first-order valence-electron chi connectivity index (χ1n) is 13.7. The van der Waals surface area contributed by atoms with E-state index in [0.717, 1.165) is 45.1 Å². The molecule has 0 saturated carbocycles. The molecule has 2 aliphatic heterocycles. The first-order valence-corrected chi connectivity index (χ1v) is 15.6. The maximum atomic E-state index is 12.9. The summed E-state index contributed by atoms with van der Waals surface area (Å²) in [4.78, 5) is 12.9. The van der Waals surface area contributed by atoms with Gasteiger partial charge in [0.1, 0.15) is 6.10 Å². The topological polar surface area (TPSA) is 67.8 Å². The van der Waals surface area contributed by atoms with E-state index in [-0.39, 0.29) is 35.2 Å². The molecule has 2 saturated heterocycles. The van der Waals surface area contributed by atoms with Crippen molar-refractivity contribution in [1.29, 1.82) is 0 Å². The molecule has 0 amide bonds. The van der Waals surface area contributed by atoms with Gasteiger partial charge in [-0.1, -0.05) is 87.9 Å². The largest absolute Gasteiger partial charge is 0.460 e. The van der Waals surface area contributed by atoms with Crippen LogP contribution in [0.5, 0.6) is 0 Å². The fraction of sp³-hybridized carbons (Fsp3) is 0.567. The average Bonchev–Trinajstić information content (AvgIpc) is 3.46. The van der Waals surface area contributed by atoms with Gasteiger partial charge in [0.25, 0.3) is 8.32 Å². The van der Waals surface area contributed by atoms with Gasteiger partial charge in [0.15, 0.2) is 0 Å². The lowest BCUT2D eigenvalue weighted by Crippen LogP contribution is -2.66. The molecule has 2 fully saturated rings. The van der Waals surface area contributed by atoms with E-state index >= 15 is 0 Å². The van der Waals surface area contributed by atoms with Crippen LogP contribution in [-0.4, -0.2) is 50.8 Å². The SMILES string of the molecule is CC(C)(C)[Si](OCCCC[C@H]1C(=O)O[C@H](CCCO)[C@]12CCCN2)(c1ccccc1)c1ccccc1. The first-order chi connectivity index (χ1) is 17.3. The number of nitrogens with one attached hydrogen (secondary N) is 1. The van der Waals surface area contributed by atoms with Crippen molar-refractivity contribution in [2.24, 2.45) is 5.92 Å². The number of hydrogen-bond donors (Lipinski definition) is 2. The Morgan fingerprint density at radius 2 is 1.64 bits per heavy atom. The van der Waals surface area contributed by atoms with E-state index in [1.165, 1.54) is 10.4 Å². The average molecular weight is 510 g/mol. The molecule has 2 N–H and O–H groups in total. The molecule has 1 spiro atoms. The van der Waals surface area contributed by atoms with E-state index in [1.807, 2.05) is 0 Å². The van der Waals surface area contributed by atoms with E-state index in [1.54, 1.807) is 0 Å². The van der Waals surface area contributed by atoms with Gasteiger partial charge in [0.2, 0.25) is 0 Å². The third-order valence-corrected chi connectivity index (χ3v) is 13.2. The molecular weight excluding hydrogens is 466 g/mol. The highest BCUT2D eigenvalue weighted by Gasteiger charge is 2.57. The lowest BCUT2D eigenvalue weighted by Gasteiger charge is -2.43. The minimum Gasteiger partial charge on any atom is -0.460 e. The minimum absolute atomic E-state index is 0.0390. The quantitative estimate of drug-likeness (QED) is 0.270.